The van der Waals surface area contributed by atoms with Gasteiger partial charge in [-0.3, -0.25) is 14.4 Å². The van der Waals surface area contributed by atoms with Gasteiger partial charge in [0.25, 0.3) is 0 Å². The van der Waals surface area contributed by atoms with Crippen LogP contribution in [0.3, 0.4) is 0 Å². The van der Waals surface area contributed by atoms with Crippen LogP contribution < -0.4 is 16.4 Å². The Labute approximate surface area is 147 Å². The molecule has 11 heteroatoms. The second kappa shape index (κ2) is 8.24. The Morgan fingerprint density at radius 1 is 1.24 bits per heavy atom. The predicted octanol–water partition coefficient (Wildman–Crippen LogP) is 0.528. The van der Waals surface area contributed by atoms with Gasteiger partial charge in [-0.05, 0) is 32.9 Å². The van der Waals surface area contributed by atoms with E-state index in [1.807, 2.05) is 5.32 Å². The number of aliphatic carboxylic acids is 1. The molecule has 0 saturated carbocycles. The molecule has 1 aromatic rings. The SMILES string of the molecule is CC(C)(C)OC(=O)N=C(N)c1ccc(NC(=O)C(=O)NCC(=O)O)s1. The maximum atomic E-state index is 11.6. The number of carboxylic acid groups (broad SMARTS) is 1. The lowest BCUT2D eigenvalue weighted by Crippen LogP contribution is -2.38. The minimum Gasteiger partial charge on any atom is -0.480 e. The van der Waals surface area contributed by atoms with E-state index in [1.54, 1.807) is 20.8 Å². The molecule has 0 aliphatic carbocycles. The number of carboxylic acids is 1. The van der Waals surface area contributed by atoms with E-state index in [-0.39, 0.29) is 10.8 Å². The summed E-state index contributed by atoms with van der Waals surface area (Å²) >= 11 is 0.979. The van der Waals surface area contributed by atoms with Crippen LogP contribution in [-0.4, -0.2) is 47.0 Å². The summed E-state index contributed by atoms with van der Waals surface area (Å²) in [5.41, 5.74) is 4.99. The Morgan fingerprint density at radius 2 is 1.88 bits per heavy atom. The molecule has 1 rings (SSSR count). The van der Waals surface area contributed by atoms with Crippen LogP contribution >= 0.6 is 11.3 Å². The number of thiophene rings is 1. The molecule has 10 nitrogen and oxygen atoms in total. The summed E-state index contributed by atoms with van der Waals surface area (Å²) in [6, 6.07) is 2.96. The standard InChI is InChI=1S/C14H18N4O6S/c1-14(2,3)24-13(23)18-10(15)7-4-5-8(25-7)17-12(22)11(21)16-6-9(19)20/h4-5H,6H2,1-3H3,(H,16,21)(H,17,22)(H,19,20)(H2,15,18,23). The minimum atomic E-state index is -1.27. The third kappa shape index (κ3) is 7.44. The first-order valence-electron chi connectivity index (χ1n) is 6.96. The maximum absolute atomic E-state index is 11.6. The molecule has 3 amide bonds. The van der Waals surface area contributed by atoms with Crippen LogP contribution in [-0.2, 0) is 19.1 Å². The van der Waals surface area contributed by atoms with E-state index in [0.717, 1.165) is 11.3 Å². The molecule has 0 fully saturated rings. The molecule has 0 radical (unpaired) electrons. The van der Waals surface area contributed by atoms with Crippen molar-refractivity contribution in [3.8, 4) is 0 Å². The summed E-state index contributed by atoms with van der Waals surface area (Å²) < 4.78 is 5.01. The van der Waals surface area contributed by atoms with Crippen LogP contribution in [0.15, 0.2) is 17.1 Å². The lowest BCUT2D eigenvalue weighted by Gasteiger charge is -2.17. The second-order valence-corrected chi connectivity index (χ2v) is 6.76. The van der Waals surface area contributed by atoms with Crippen LogP contribution in [0, 0.1) is 0 Å². The van der Waals surface area contributed by atoms with Gasteiger partial charge in [0.15, 0.2) is 0 Å². The van der Waals surface area contributed by atoms with Crippen LogP contribution in [0.25, 0.3) is 0 Å². The van der Waals surface area contributed by atoms with Gasteiger partial charge in [-0.2, -0.15) is 4.99 Å². The molecule has 0 atom stereocenters. The third-order valence-electron chi connectivity index (χ3n) is 2.31. The molecular formula is C14H18N4O6S. The molecule has 0 aromatic carbocycles. The second-order valence-electron chi connectivity index (χ2n) is 5.67. The number of anilines is 1. The van der Waals surface area contributed by atoms with Crippen molar-refractivity contribution in [1.82, 2.24) is 5.32 Å². The number of rotatable bonds is 4. The highest BCUT2D eigenvalue weighted by Crippen LogP contribution is 2.21. The number of aliphatic imine (C=N–C) groups is 1. The number of hydrogen-bond donors (Lipinski definition) is 4. The van der Waals surface area contributed by atoms with Gasteiger partial charge in [0.1, 0.15) is 18.0 Å². The zero-order chi connectivity index (χ0) is 19.2. The molecule has 0 spiro atoms. The predicted molar refractivity (Wildman–Crippen MR) is 90.6 cm³/mol. The lowest BCUT2D eigenvalue weighted by atomic mass is 10.2. The number of nitrogens with one attached hydrogen (secondary N) is 2. The molecule has 5 N–H and O–H groups in total. The Bertz CT molecular complexity index is 719. The lowest BCUT2D eigenvalue weighted by molar-refractivity contribution is -0.140. The molecule has 0 saturated heterocycles. The molecule has 1 aromatic heterocycles. The summed E-state index contributed by atoms with van der Waals surface area (Å²) in [5.74, 6) is -3.49. The van der Waals surface area contributed by atoms with Crippen molar-refractivity contribution < 1.29 is 29.0 Å². The highest BCUT2D eigenvalue weighted by molar-refractivity contribution is 7.18. The normalized spacial score (nSPS) is 11.6. The fraction of sp³-hybridized carbons (Fsp3) is 0.357. The quantitative estimate of drug-likeness (QED) is 0.341. The molecule has 0 aliphatic rings. The summed E-state index contributed by atoms with van der Waals surface area (Å²) in [6.45, 7) is 4.39. The largest absolute Gasteiger partial charge is 0.480 e. The van der Waals surface area contributed by atoms with Gasteiger partial charge in [0.05, 0.1) is 9.88 Å². The third-order valence-corrected chi connectivity index (χ3v) is 3.33. The van der Waals surface area contributed by atoms with Gasteiger partial charge in [-0.15, -0.1) is 11.3 Å². The van der Waals surface area contributed by atoms with Gasteiger partial charge in [-0.25, -0.2) is 4.79 Å². The number of amides is 3. The number of carbonyl (C=O) groups is 4. The molecule has 0 unspecified atom stereocenters. The minimum absolute atomic E-state index is 0.102. The van der Waals surface area contributed by atoms with E-state index in [1.165, 1.54) is 12.1 Å². The zero-order valence-electron chi connectivity index (χ0n) is 13.8. The average Bonchev–Trinajstić information content (AvgIpc) is 2.90. The topological polar surface area (TPSA) is 160 Å². The van der Waals surface area contributed by atoms with Crippen LogP contribution in [0.1, 0.15) is 25.6 Å². The van der Waals surface area contributed by atoms with E-state index in [0.29, 0.717) is 4.88 Å². The Kier molecular flexibility index (Phi) is 6.62. The first kappa shape index (κ1) is 20.1. The summed E-state index contributed by atoms with van der Waals surface area (Å²) in [6.07, 6.45) is -0.850. The summed E-state index contributed by atoms with van der Waals surface area (Å²) in [7, 11) is 0. The van der Waals surface area contributed by atoms with Crippen LogP contribution in [0.5, 0.6) is 0 Å². The Hall–Kier alpha value is -2.95. The smallest absolute Gasteiger partial charge is 0.436 e. The molecular weight excluding hydrogens is 352 g/mol. The van der Waals surface area contributed by atoms with Gasteiger partial charge in [0.2, 0.25) is 0 Å². The van der Waals surface area contributed by atoms with Crippen LogP contribution in [0.2, 0.25) is 0 Å². The molecule has 25 heavy (non-hydrogen) atoms. The zero-order valence-corrected chi connectivity index (χ0v) is 14.6. The number of nitrogens with two attached hydrogens (primary N) is 1. The number of hydrogen-bond acceptors (Lipinski definition) is 6. The van der Waals surface area contributed by atoms with E-state index in [4.69, 9.17) is 15.6 Å². The fourth-order valence-electron chi connectivity index (χ4n) is 1.39. The van der Waals surface area contributed by atoms with E-state index in [9.17, 15) is 19.2 Å². The van der Waals surface area contributed by atoms with Crippen molar-refractivity contribution in [2.45, 2.75) is 26.4 Å². The summed E-state index contributed by atoms with van der Waals surface area (Å²) in [5, 5.41) is 12.9. The van der Waals surface area contributed by atoms with Crippen molar-refractivity contribution in [1.29, 1.82) is 0 Å². The van der Waals surface area contributed by atoms with Crippen molar-refractivity contribution >= 4 is 46.1 Å². The van der Waals surface area contributed by atoms with Gasteiger partial charge in [-0.1, -0.05) is 0 Å². The van der Waals surface area contributed by atoms with Crippen LogP contribution in [0.4, 0.5) is 9.80 Å². The van der Waals surface area contributed by atoms with Gasteiger partial charge in [0, 0.05) is 0 Å². The van der Waals surface area contributed by atoms with Crippen molar-refractivity contribution in [2.75, 3.05) is 11.9 Å². The molecule has 1 heterocycles. The first-order chi connectivity index (χ1) is 11.5. The van der Waals surface area contributed by atoms with Crippen molar-refractivity contribution in [3.63, 3.8) is 0 Å². The molecule has 136 valence electrons. The van der Waals surface area contributed by atoms with Gasteiger partial charge >= 0.3 is 23.9 Å². The Morgan fingerprint density at radius 3 is 2.44 bits per heavy atom. The highest BCUT2D eigenvalue weighted by Gasteiger charge is 2.18. The van der Waals surface area contributed by atoms with E-state index < -0.39 is 36.0 Å². The average molecular weight is 370 g/mol. The number of ether oxygens (including phenoxy) is 1. The first-order valence-corrected chi connectivity index (χ1v) is 7.78. The van der Waals surface area contributed by atoms with E-state index >= 15 is 0 Å². The maximum Gasteiger partial charge on any atom is 0.436 e. The fourth-order valence-corrected chi connectivity index (χ4v) is 2.19. The molecule has 0 aliphatic heterocycles. The number of carbonyl (C=O) groups excluding carboxylic acids is 3. The van der Waals surface area contributed by atoms with Crippen molar-refractivity contribution in [3.05, 3.63) is 17.0 Å². The summed E-state index contributed by atoms with van der Waals surface area (Å²) in [4.78, 5) is 48.9. The van der Waals surface area contributed by atoms with Gasteiger partial charge < -0.3 is 26.2 Å². The number of nitrogens with zero attached hydrogens (tertiary/aromatic N) is 1. The number of amidine groups is 1. The van der Waals surface area contributed by atoms with Crippen molar-refractivity contribution in [2.24, 2.45) is 10.7 Å². The highest BCUT2D eigenvalue weighted by atomic mass is 32.1. The van der Waals surface area contributed by atoms with E-state index in [2.05, 4.69) is 10.3 Å². The molecule has 0 bridgehead atoms. The Balaban J connectivity index is 2.69. The monoisotopic (exact) mass is 370 g/mol.